The lowest BCUT2D eigenvalue weighted by atomic mass is 10.0. The number of hydrogen-bond donors (Lipinski definition) is 0. The molecule has 24 rings (SSSR count). The molecule has 22 aromatic rings. The van der Waals surface area contributed by atoms with E-state index >= 15 is 0 Å². The van der Waals surface area contributed by atoms with Gasteiger partial charge in [-0.1, -0.05) is 311 Å². The normalized spacial score (nSPS) is 12.3. The predicted molar refractivity (Wildman–Crippen MR) is 560 cm³/mol. The van der Waals surface area contributed by atoms with Crippen molar-refractivity contribution in [3.8, 4) is 17.1 Å². The molecule has 5 aromatic heterocycles. The van der Waals surface area contributed by atoms with E-state index in [2.05, 4.69) is 482 Å². The maximum Gasteiger partial charge on any atom is 0.0788 e. The molecule has 17 aromatic carbocycles. The summed E-state index contributed by atoms with van der Waals surface area (Å²) >= 11 is 0. The Morgan fingerprint density at radius 3 is 1.00 bits per heavy atom. The molecule has 2 aliphatic rings. The van der Waals surface area contributed by atoms with Gasteiger partial charge in [-0.25, -0.2) is 0 Å². The van der Waals surface area contributed by atoms with Crippen molar-refractivity contribution in [1.82, 2.24) is 22.8 Å². The van der Waals surface area contributed by atoms with Gasteiger partial charge in [-0.2, -0.15) is 0 Å². The van der Waals surface area contributed by atoms with Crippen LogP contribution in [0.15, 0.2) is 487 Å². The molecule has 0 atom stereocenters. The quantitative estimate of drug-likeness (QED) is 0.108. The molecule has 9 nitrogen and oxygen atoms in total. The first-order chi connectivity index (χ1) is 64.2. The maximum absolute atomic E-state index is 4.11. The number of anilines is 8. The molecular formula is C121H101N9. The van der Waals surface area contributed by atoms with Gasteiger partial charge < -0.3 is 42.4 Å². The predicted octanol–water partition coefficient (Wildman–Crippen LogP) is 32.3. The minimum absolute atomic E-state index is 1.00. The number of para-hydroxylation sites is 16. The highest BCUT2D eigenvalue weighted by molar-refractivity contribution is 6.27. The van der Waals surface area contributed by atoms with Gasteiger partial charge >= 0.3 is 0 Å². The fourth-order valence-corrected chi connectivity index (χ4v) is 18.9. The Kier molecular flexibility index (Phi) is 24.0. The summed E-state index contributed by atoms with van der Waals surface area (Å²) in [4.78, 5) is 9.20. The maximum atomic E-state index is 4.11. The van der Waals surface area contributed by atoms with Crippen molar-refractivity contribution >= 4 is 166 Å². The summed E-state index contributed by atoms with van der Waals surface area (Å²) in [6.45, 7) is 20.7. The Morgan fingerprint density at radius 2 is 0.569 bits per heavy atom. The first kappa shape index (κ1) is 83.0. The Hall–Kier alpha value is -16.6. The number of hydrogen-bond acceptors (Lipinski definition) is 4. The van der Waals surface area contributed by atoms with Gasteiger partial charge in [0.25, 0.3) is 0 Å². The van der Waals surface area contributed by atoms with E-state index in [1.54, 1.807) is 0 Å². The molecule has 1 fully saturated rings. The summed E-state index contributed by atoms with van der Waals surface area (Å²) in [5.74, 6) is 0. The molecule has 7 heterocycles. The third-order valence-corrected chi connectivity index (χ3v) is 24.6. The molecule has 0 bridgehead atoms. The van der Waals surface area contributed by atoms with Crippen LogP contribution in [0.3, 0.4) is 0 Å². The highest BCUT2D eigenvalue weighted by Gasteiger charge is 2.31. The zero-order valence-corrected chi connectivity index (χ0v) is 73.6. The number of allylic oxidation sites excluding steroid dienone is 8. The summed E-state index contributed by atoms with van der Waals surface area (Å²) in [6.07, 6.45) is 14.2. The highest BCUT2D eigenvalue weighted by Crippen LogP contribution is 2.54. The first-order valence-electron chi connectivity index (χ1n) is 44.6. The number of aryl methyl sites for hydroxylation is 1. The van der Waals surface area contributed by atoms with E-state index in [4.69, 9.17) is 0 Å². The van der Waals surface area contributed by atoms with Gasteiger partial charge in [0.15, 0.2) is 0 Å². The molecule has 0 spiro atoms. The van der Waals surface area contributed by atoms with Crippen LogP contribution in [0.1, 0.15) is 18.4 Å². The molecule has 130 heavy (non-hydrogen) atoms. The van der Waals surface area contributed by atoms with E-state index in [1.807, 2.05) is 68.8 Å². The van der Waals surface area contributed by atoms with Crippen LogP contribution in [0.25, 0.3) is 137 Å². The van der Waals surface area contributed by atoms with Gasteiger partial charge in [-0.15, -0.1) is 0 Å². The van der Waals surface area contributed by atoms with Crippen LogP contribution in [0, 0.1) is 6.92 Å². The van der Waals surface area contributed by atoms with E-state index in [0.717, 1.165) is 28.3 Å². The number of benzene rings is 17. The topological polar surface area (TPSA) is 37.6 Å². The van der Waals surface area contributed by atoms with E-state index in [9.17, 15) is 0 Å². The lowest BCUT2D eigenvalue weighted by Gasteiger charge is -2.40. The summed E-state index contributed by atoms with van der Waals surface area (Å²) in [7, 11) is 4.07. The molecule has 630 valence electrons. The third kappa shape index (κ3) is 15.9. The second-order valence-corrected chi connectivity index (χ2v) is 32.6. The molecule has 2 aliphatic heterocycles. The van der Waals surface area contributed by atoms with E-state index in [0.29, 0.717) is 0 Å². The summed E-state index contributed by atoms with van der Waals surface area (Å²) < 4.78 is 11.7. The molecule has 0 amide bonds. The molecular weight excluding hydrogens is 1580 g/mol. The number of nitrogens with zero attached hydrogens (tertiary/aromatic N) is 9. The minimum Gasteiger partial charge on any atom is -0.378 e. The van der Waals surface area contributed by atoms with Crippen molar-refractivity contribution in [2.45, 2.75) is 19.8 Å². The molecule has 0 aliphatic carbocycles. The van der Waals surface area contributed by atoms with Crippen LogP contribution in [-0.4, -0.2) is 50.0 Å². The lowest BCUT2D eigenvalue weighted by molar-refractivity contribution is 0.949. The minimum atomic E-state index is 1.00. The van der Waals surface area contributed by atoms with Crippen molar-refractivity contribution < 1.29 is 0 Å². The van der Waals surface area contributed by atoms with Gasteiger partial charge in [0.2, 0.25) is 0 Å². The van der Waals surface area contributed by atoms with Crippen LogP contribution >= 0.6 is 0 Å². The zero-order valence-electron chi connectivity index (χ0n) is 73.6. The highest BCUT2D eigenvalue weighted by atomic mass is 15.3. The van der Waals surface area contributed by atoms with E-state index < -0.39 is 0 Å². The van der Waals surface area contributed by atoms with Crippen molar-refractivity contribution in [2.24, 2.45) is 0 Å². The van der Waals surface area contributed by atoms with Crippen LogP contribution in [0.5, 0.6) is 0 Å². The van der Waals surface area contributed by atoms with Crippen LogP contribution in [0.2, 0.25) is 0 Å². The van der Waals surface area contributed by atoms with Crippen molar-refractivity contribution in [1.29, 1.82) is 0 Å². The first-order valence-corrected chi connectivity index (χ1v) is 44.6. The van der Waals surface area contributed by atoms with Gasteiger partial charge in [-0.05, 0) is 202 Å². The van der Waals surface area contributed by atoms with Crippen LogP contribution in [-0.2, 0) is 0 Å². The molecule has 0 N–H and O–H groups in total. The molecule has 9 heteroatoms. The van der Waals surface area contributed by atoms with Crippen molar-refractivity contribution in [3.05, 3.63) is 493 Å². The average Bonchev–Trinajstić information content (AvgIpc) is 1.54. The van der Waals surface area contributed by atoms with Gasteiger partial charge in [-0.3, -0.25) is 0 Å². The van der Waals surface area contributed by atoms with Crippen molar-refractivity contribution in [2.75, 3.05) is 46.8 Å². The molecule has 0 radical (unpaired) electrons. The third-order valence-electron chi connectivity index (χ3n) is 24.6. The Balaban J connectivity index is 0.000000106. The van der Waals surface area contributed by atoms with Crippen molar-refractivity contribution in [3.63, 3.8) is 0 Å². The Bertz CT molecular complexity index is 7760. The lowest BCUT2D eigenvalue weighted by Crippen LogP contribution is -2.23. The van der Waals surface area contributed by atoms with E-state index in [1.165, 1.54) is 186 Å². The number of aromatic nitrogens is 5. The number of fused-ring (bicyclic) bond motifs is 19. The van der Waals surface area contributed by atoms with Gasteiger partial charge in [0, 0.05) is 132 Å². The molecule has 0 unspecified atom stereocenters. The zero-order chi connectivity index (χ0) is 88.4. The smallest absolute Gasteiger partial charge is 0.0788 e. The van der Waals surface area contributed by atoms with Crippen LogP contribution in [0.4, 0.5) is 45.5 Å². The molecule has 1 saturated heterocycles. The largest absolute Gasteiger partial charge is 0.378 e. The summed E-state index contributed by atoms with van der Waals surface area (Å²) in [6, 6.07) is 150. The second kappa shape index (κ2) is 37.7. The number of rotatable bonds is 13. The van der Waals surface area contributed by atoms with Gasteiger partial charge in [0.05, 0.1) is 77.9 Å². The average molecular weight is 1680 g/mol. The summed E-state index contributed by atoms with van der Waals surface area (Å²) in [5.41, 5.74) is 28.5. The fourth-order valence-electron chi connectivity index (χ4n) is 18.9. The Labute approximate surface area is 760 Å². The van der Waals surface area contributed by atoms with Crippen LogP contribution < -0.4 is 19.6 Å². The Morgan fingerprint density at radius 1 is 0.262 bits per heavy atom. The standard InChI is InChI=1S/2C30H22N2.C24H18N2.C19H15N.C10H13N.C8H11N/c1-3-12-21(4-2)32-26-17-10-8-15-23(26)24-19-20-28-29(30(24)32)25-16-9-11-18-27(25)31(28)22-13-6-5-7-14-22;1-3-12-21(4-2)31-27-17-10-8-15-23(27)25-19-20-26-24-16-9-11-18-28(24)32(30(26)29(25)31)22-13-6-5-7-14-22;1-3-11-19(12-4-1)25-21-15-7-9-17-23(21)26(20-13-5-2-6-14-20)24-18-10-8-16-22(24)25;1-14-11-12-19-17(13-14)16-9-5-6-10-18(16)20(19)15-7-3-2-4-8-15;1-2-6-10(7-3-1)11-8-4-5-9-11;1-9(2)8-6-4-3-5-7-8/h2*3-20H,1-2H2;1-18H;2-13H,1H3;1-3,6-7H,4-5,8-9H2;3-7H,1-2H3/b2*21-12+;;;;. The summed E-state index contributed by atoms with van der Waals surface area (Å²) in [5, 5.41) is 12.5. The fraction of sp³-hybridized carbons (Fsp3) is 0.0579. The second-order valence-electron chi connectivity index (χ2n) is 32.6. The SMILES string of the molecule is C=C/C=C(\C=C)n1c2ccccc2c2ccc3c(c4ccccc4n3-c3ccccc3)c21.C=C/C=C(\C=C)n1c2ccccc2c2ccc3c4ccccc4n(-c4ccccc4)c3c21.CN(C)c1ccccc1.Cc1ccc2c(c1)c1ccccc1n2-c1ccccc1.c1ccc(N2CCCC2)cc1.c1ccc(N2c3ccccc3N(c3ccccc3)c3ccccc32)cc1. The van der Waals surface area contributed by atoms with Gasteiger partial charge in [0.1, 0.15) is 0 Å². The molecule has 0 saturated carbocycles. The van der Waals surface area contributed by atoms with E-state index in [-0.39, 0.29) is 0 Å². The monoisotopic (exact) mass is 1680 g/mol.